The van der Waals surface area contributed by atoms with Gasteiger partial charge in [-0.1, -0.05) is 11.6 Å². The van der Waals surface area contributed by atoms with Gasteiger partial charge in [-0.2, -0.15) is 0 Å². The summed E-state index contributed by atoms with van der Waals surface area (Å²) in [5.41, 5.74) is 0. The molecule has 0 spiro atoms. The first kappa shape index (κ1) is 18.6. The fraction of sp³-hybridized carbons (Fsp3) is 0.267. The molecule has 0 amide bonds. The first-order chi connectivity index (χ1) is 10.3. The molecule has 0 bridgehead atoms. The third-order valence-electron chi connectivity index (χ3n) is 2.71. The second kappa shape index (κ2) is 10.3. The zero-order chi connectivity index (χ0) is 14.9. The van der Waals surface area contributed by atoms with Crippen molar-refractivity contribution in [1.29, 1.82) is 0 Å². The van der Waals surface area contributed by atoms with Gasteiger partial charge < -0.3 is 19.8 Å². The van der Waals surface area contributed by atoms with Crippen LogP contribution in [0, 0.1) is 0 Å². The minimum atomic E-state index is 0. The molecule has 2 aromatic rings. The molecule has 0 aliphatic carbocycles. The summed E-state index contributed by atoms with van der Waals surface area (Å²) in [5, 5.41) is 7.01. The average Bonchev–Trinajstić information content (AvgIpc) is 3.02. The van der Waals surface area contributed by atoms with Crippen molar-refractivity contribution in [3.8, 4) is 5.75 Å². The molecule has 0 aliphatic heterocycles. The van der Waals surface area contributed by atoms with Gasteiger partial charge >= 0.3 is 0 Å². The molecule has 0 saturated heterocycles. The van der Waals surface area contributed by atoms with Gasteiger partial charge in [-0.3, -0.25) is 4.99 Å². The molecule has 0 saturated carbocycles. The number of furan rings is 1. The lowest BCUT2D eigenvalue weighted by Gasteiger charge is -2.11. The molecule has 1 heterocycles. The van der Waals surface area contributed by atoms with Gasteiger partial charge in [-0.15, -0.1) is 24.0 Å². The second-order valence-corrected chi connectivity index (χ2v) is 4.67. The Kier molecular flexibility index (Phi) is 8.76. The Labute approximate surface area is 152 Å². The number of rotatable bonds is 6. The maximum absolute atomic E-state index is 5.81. The van der Waals surface area contributed by atoms with Crippen LogP contribution in [0.2, 0.25) is 5.02 Å². The smallest absolute Gasteiger partial charge is 0.191 e. The van der Waals surface area contributed by atoms with Crippen molar-refractivity contribution < 1.29 is 9.15 Å². The normalized spacial score (nSPS) is 10.7. The van der Waals surface area contributed by atoms with Gasteiger partial charge in [0.1, 0.15) is 18.1 Å². The summed E-state index contributed by atoms with van der Waals surface area (Å²) in [4.78, 5) is 4.12. The van der Waals surface area contributed by atoms with Crippen molar-refractivity contribution in [3.05, 3.63) is 53.4 Å². The number of aliphatic imine (C=N–C) groups is 1. The van der Waals surface area contributed by atoms with E-state index in [0.29, 0.717) is 30.7 Å². The molecule has 5 nitrogen and oxygen atoms in total. The Bertz CT molecular complexity index is 559. The Morgan fingerprint density at radius 1 is 1.23 bits per heavy atom. The SMILES string of the molecule is CN=C(NCCOc1ccc(Cl)cc1)NCc1ccco1.I. The van der Waals surface area contributed by atoms with Crippen molar-refractivity contribution in [2.45, 2.75) is 6.54 Å². The van der Waals surface area contributed by atoms with Gasteiger partial charge in [0.2, 0.25) is 0 Å². The molecule has 7 heteroatoms. The van der Waals surface area contributed by atoms with E-state index in [9.17, 15) is 0 Å². The van der Waals surface area contributed by atoms with Crippen LogP contribution in [-0.2, 0) is 6.54 Å². The van der Waals surface area contributed by atoms with E-state index in [1.807, 2.05) is 24.3 Å². The quantitative estimate of drug-likeness (QED) is 0.316. The largest absolute Gasteiger partial charge is 0.492 e. The maximum Gasteiger partial charge on any atom is 0.191 e. The van der Waals surface area contributed by atoms with Crippen LogP contribution in [0.1, 0.15) is 5.76 Å². The molecule has 0 atom stereocenters. The Balaban J connectivity index is 0.00000242. The minimum absolute atomic E-state index is 0. The van der Waals surface area contributed by atoms with E-state index >= 15 is 0 Å². The summed E-state index contributed by atoms with van der Waals surface area (Å²) in [6.45, 7) is 1.76. The summed E-state index contributed by atoms with van der Waals surface area (Å²) < 4.78 is 10.8. The van der Waals surface area contributed by atoms with Crippen LogP contribution in [0.5, 0.6) is 5.75 Å². The molecule has 0 unspecified atom stereocenters. The molecule has 120 valence electrons. The fourth-order valence-corrected chi connectivity index (χ4v) is 1.80. The van der Waals surface area contributed by atoms with E-state index in [1.165, 1.54) is 0 Å². The van der Waals surface area contributed by atoms with E-state index in [-0.39, 0.29) is 24.0 Å². The molecule has 1 aromatic heterocycles. The fourth-order valence-electron chi connectivity index (χ4n) is 1.67. The highest BCUT2D eigenvalue weighted by atomic mass is 127. The van der Waals surface area contributed by atoms with Crippen molar-refractivity contribution in [1.82, 2.24) is 10.6 Å². The van der Waals surface area contributed by atoms with Gasteiger partial charge in [0, 0.05) is 12.1 Å². The summed E-state index contributed by atoms with van der Waals surface area (Å²) in [5.74, 6) is 2.35. The Hall–Kier alpha value is -1.41. The summed E-state index contributed by atoms with van der Waals surface area (Å²) in [7, 11) is 1.72. The Morgan fingerprint density at radius 2 is 2.00 bits per heavy atom. The van der Waals surface area contributed by atoms with E-state index in [4.69, 9.17) is 20.8 Å². The van der Waals surface area contributed by atoms with Crippen LogP contribution in [0.25, 0.3) is 0 Å². The number of guanidine groups is 1. The maximum atomic E-state index is 5.81. The number of hydrogen-bond acceptors (Lipinski definition) is 3. The molecule has 2 N–H and O–H groups in total. The molecule has 1 aromatic carbocycles. The molecule has 0 fully saturated rings. The third kappa shape index (κ3) is 6.57. The van der Waals surface area contributed by atoms with Crippen molar-refractivity contribution >= 4 is 41.5 Å². The molecule has 22 heavy (non-hydrogen) atoms. The topological polar surface area (TPSA) is 58.8 Å². The number of nitrogens with one attached hydrogen (secondary N) is 2. The van der Waals surface area contributed by atoms with Crippen LogP contribution in [-0.4, -0.2) is 26.2 Å². The number of nitrogens with zero attached hydrogens (tertiary/aromatic N) is 1. The van der Waals surface area contributed by atoms with Crippen LogP contribution in [0.3, 0.4) is 0 Å². The number of hydrogen-bond donors (Lipinski definition) is 2. The first-order valence-electron chi connectivity index (χ1n) is 6.63. The standard InChI is InChI=1S/C15H18ClN3O2.HI/c1-17-15(19-11-14-3-2-9-20-14)18-8-10-21-13-6-4-12(16)5-7-13;/h2-7,9H,8,10-11H2,1H3,(H2,17,18,19);1H. The highest BCUT2D eigenvalue weighted by molar-refractivity contribution is 14.0. The molecule has 2 rings (SSSR count). The van der Waals surface area contributed by atoms with Gasteiger partial charge in [0.05, 0.1) is 19.4 Å². The number of halogens is 2. The zero-order valence-corrected chi connectivity index (χ0v) is 15.3. The number of ether oxygens (including phenoxy) is 1. The molecular formula is C15H19ClIN3O2. The lowest BCUT2D eigenvalue weighted by molar-refractivity contribution is 0.322. The zero-order valence-electron chi connectivity index (χ0n) is 12.2. The van der Waals surface area contributed by atoms with Gasteiger partial charge in [0.15, 0.2) is 5.96 Å². The lowest BCUT2D eigenvalue weighted by atomic mass is 10.3. The predicted molar refractivity (Wildman–Crippen MR) is 99.3 cm³/mol. The van der Waals surface area contributed by atoms with Gasteiger partial charge in [-0.25, -0.2) is 0 Å². The van der Waals surface area contributed by atoms with E-state index in [2.05, 4.69) is 15.6 Å². The summed E-state index contributed by atoms with van der Waals surface area (Å²) in [6.07, 6.45) is 1.65. The lowest BCUT2D eigenvalue weighted by Crippen LogP contribution is -2.38. The van der Waals surface area contributed by atoms with E-state index in [0.717, 1.165) is 11.5 Å². The van der Waals surface area contributed by atoms with E-state index in [1.54, 1.807) is 25.4 Å². The van der Waals surface area contributed by atoms with Crippen molar-refractivity contribution in [2.75, 3.05) is 20.2 Å². The minimum Gasteiger partial charge on any atom is -0.492 e. The van der Waals surface area contributed by atoms with Gasteiger partial charge in [-0.05, 0) is 36.4 Å². The van der Waals surface area contributed by atoms with Gasteiger partial charge in [0.25, 0.3) is 0 Å². The molecular weight excluding hydrogens is 417 g/mol. The van der Waals surface area contributed by atoms with Crippen molar-refractivity contribution in [3.63, 3.8) is 0 Å². The summed E-state index contributed by atoms with van der Waals surface area (Å²) in [6, 6.07) is 11.0. The van der Waals surface area contributed by atoms with Crippen LogP contribution in [0.15, 0.2) is 52.1 Å². The highest BCUT2D eigenvalue weighted by Crippen LogP contribution is 2.15. The average molecular weight is 436 g/mol. The number of benzene rings is 1. The van der Waals surface area contributed by atoms with Crippen molar-refractivity contribution in [2.24, 2.45) is 4.99 Å². The highest BCUT2D eigenvalue weighted by Gasteiger charge is 2.00. The monoisotopic (exact) mass is 435 g/mol. The summed E-state index contributed by atoms with van der Waals surface area (Å²) >= 11 is 5.81. The predicted octanol–water partition coefficient (Wildman–Crippen LogP) is 3.30. The second-order valence-electron chi connectivity index (χ2n) is 4.23. The molecule has 0 radical (unpaired) electrons. The van der Waals surface area contributed by atoms with Crippen LogP contribution in [0.4, 0.5) is 0 Å². The van der Waals surface area contributed by atoms with E-state index < -0.39 is 0 Å². The Morgan fingerprint density at radius 3 is 2.64 bits per heavy atom. The molecule has 0 aliphatic rings. The van der Waals surface area contributed by atoms with Crippen LogP contribution >= 0.6 is 35.6 Å². The third-order valence-corrected chi connectivity index (χ3v) is 2.96. The van der Waals surface area contributed by atoms with Crippen LogP contribution < -0.4 is 15.4 Å². The first-order valence-corrected chi connectivity index (χ1v) is 7.01.